The molecule has 2 bridgehead atoms. The Labute approximate surface area is 157 Å². The molecule has 0 N–H and O–H groups in total. The largest absolute Gasteiger partial charge is 0.545 e. The van der Waals surface area contributed by atoms with Crippen molar-refractivity contribution in [1.29, 1.82) is 0 Å². The molecule has 5 rings (SSSR count). The molecule has 2 saturated heterocycles. The number of amides is 2. The summed E-state index contributed by atoms with van der Waals surface area (Å²) in [5.41, 5.74) is 1.16. The molecule has 1 aromatic rings. The van der Waals surface area contributed by atoms with Crippen LogP contribution in [0.25, 0.3) is 0 Å². The van der Waals surface area contributed by atoms with E-state index in [1.807, 2.05) is 0 Å². The molecule has 4 atom stereocenters. The molecule has 3 fully saturated rings. The fourth-order valence-electron chi connectivity index (χ4n) is 5.37. The molecule has 0 spiro atoms. The molecule has 6 heteroatoms. The van der Waals surface area contributed by atoms with E-state index in [1.165, 1.54) is 17.0 Å². The van der Waals surface area contributed by atoms with Crippen LogP contribution >= 0.6 is 0 Å². The van der Waals surface area contributed by atoms with Crippen molar-refractivity contribution in [1.82, 2.24) is 0 Å². The fourth-order valence-corrected chi connectivity index (χ4v) is 5.37. The summed E-state index contributed by atoms with van der Waals surface area (Å²) in [6.45, 7) is 1.68. The molecule has 6 nitrogen and oxygen atoms in total. The summed E-state index contributed by atoms with van der Waals surface area (Å²) in [5, 5.41) is 11.4. The van der Waals surface area contributed by atoms with Gasteiger partial charge >= 0.3 is 0 Å². The third-order valence-corrected chi connectivity index (χ3v) is 6.62. The van der Waals surface area contributed by atoms with Gasteiger partial charge < -0.3 is 14.8 Å². The third-order valence-electron chi connectivity index (χ3n) is 6.62. The van der Waals surface area contributed by atoms with E-state index in [2.05, 4.69) is 17.1 Å². The van der Waals surface area contributed by atoms with Crippen molar-refractivity contribution in [3.05, 3.63) is 35.9 Å². The summed E-state index contributed by atoms with van der Waals surface area (Å²) in [6.07, 6.45) is 8.24. The highest BCUT2D eigenvalue weighted by Gasteiger charge is 2.59. The summed E-state index contributed by atoms with van der Waals surface area (Å²) in [7, 11) is 0. The lowest BCUT2D eigenvalue weighted by Gasteiger charge is -2.32. The molecule has 0 unspecified atom stereocenters. The summed E-state index contributed by atoms with van der Waals surface area (Å²) in [5.74, 6) is -2.01. The Morgan fingerprint density at radius 3 is 2.15 bits per heavy atom. The first-order valence-corrected chi connectivity index (χ1v) is 9.73. The maximum absolute atomic E-state index is 13.2. The normalized spacial score (nSPS) is 31.7. The maximum atomic E-state index is 13.2. The molecule has 2 heterocycles. The molecule has 2 amide bonds. The number of aromatic carboxylic acids is 1. The van der Waals surface area contributed by atoms with E-state index in [1.54, 1.807) is 6.07 Å². The predicted molar refractivity (Wildman–Crippen MR) is 97.0 cm³/mol. The van der Waals surface area contributed by atoms with Crippen molar-refractivity contribution in [2.75, 3.05) is 22.9 Å². The fraction of sp³-hybridized carbons (Fsp3) is 0.476. The van der Waals surface area contributed by atoms with Gasteiger partial charge in [0.25, 0.3) is 0 Å². The highest BCUT2D eigenvalue weighted by molar-refractivity contribution is 6.24. The van der Waals surface area contributed by atoms with Crippen molar-refractivity contribution in [2.24, 2.45) is 23.7 Å². The van der Waals surface area contributed by atoms with E-state index in [-0.39, 0.29) is 41.0 Å². The quantitative estimate of drug-likeness (QED) is 0.597. The number of fused-ring (bicyclic) bond motifs is 5. The van der Waals surface area contributed by atoms with Crippen LogP contribution in [-0.4, -0.2) is 30.9 Å². The van der Waals surface area contributed by atoms with Crippen LogP contribution in [0.2, 0.25) is 0 Å². The van der Waals surface area contributed by atoms with Gasteiger partial charge in [-0.1, -0.05) is 18.2 Å². The van der Waals surface area contributed by atoms with Gasteiger partial charge in [0.15, 0.2) is 0 Å². The zero-order chi connectivity index (χ0) is 18.7. The number of benzene rings is 1. The molecule has 27 heavy (non-hydrogen) atoms. The van der Waals surface area contributed by atoms with Crippen molar-refractivity contribution in [2.45, 2.75) is 25.7 Å². The number of carboxylic acid groups (broad SMARTS) is 1. The number of imide groups is 1. The highest BCUT2D eigenvalue weighted by Crippen LogP contribution is 2.54. The average molecular weight is 365 g/mol. The van der Waals surface area contributed by atoms with Crippen LogP contribution in [0.3, 0.4) is 0 Å². The van der Waals surface area contributed by atoms with E-state index < -0.39 is 5.97 Å². The Hall–Kier alpha value is -2.63. The SMILES string of the molecule is O=C([O-])c1ccc(N2CCCCC2)c(N2C(=O)[C@@H]3[C@@H](C2=O)[C@@H]2C=C[C@@H]3C2)c1. The molecule has 0 aromatic heterocycles. The Kier molecular flexibility index (Phi) is 3.64. The molecular weight excluding hydrogens is 344 g/mol. The first-order chi connectivity index (χ1) is 13.1. The van der Waals surface area contributed by atoms with Crippen LogP contribution in [0, 0.1) is 23.7 Å². The third kappa shape index (κ3) is 2.35. The first kappa shape index (κ1) is 16.5. The molecule has 140 valence electrons. The number of carbonyl (C=O) groups is 3. The van der Waals surface area contributed by atoms with Gasteiger partial charge in [-0.05, 0) is 55.2 Å². The second-order valence-corrected chi connectivity index (χ2v) is 8.05. The number of carboxylic acids is 1. The number of piperidine rings is 1. The molecule has 2 aliphatic heterocycles. The van der Waals surface area contributed by atoms with Gasteiger partial charge in [-0.15, -0.1) is 0 Å². The minimum atomic E-state index is -1.30. The molecule has 0 radical (unpaired) electrons. The smallest absolute Gasteiger partial charge is 0.238 e. The topological polar surface area (TPSA) is 80.8 Å². The average Bonchev–Trinajstić information content (AvgIpc) is 3.36. The van der Waals surface area contributed by atoms with Crippen molar-refractivity contribution in [3.63, 3.8) is 0 Å². The number of anilines is 2. The van der Waals surface area contributed by atoms with E-state index in [9.17, 15) is 19.5 Å². The van der Waals surface area contributed by atoms with Gasteiger partial charge in [-0.25, -0.2) is 4.90 Å². The zero-order valence-corrected chi connectivity index (χ0v) is 15.0. The number of rotatable bonds is 3. The van der Waals surface area contributed by atoms with Crippen LogP contribution in [0.15, 0.2) is 30.4 Å². The second-order valence-electron chi connectivity index (χ2n) is 8.05. The van der Waals surface area contributed by atoms with Gasteiger partial charge in [-0.3, -0.25) is 9.59 Å². The van der Waals surface area contributed by atoms with Gasteiger partial charge in [0.1, 0.15) is 0 Å². The maximum Gasteiger partial charge on any atom is 0.238 e. The summed E-state index contributed by atoms with van der Waals surface area (Å²) >= 11 is 0. The summed E-state index contributed by atoms with van der Waals surface area (Å²) < 4.78 is 0. The standard InChI is InChI=1S/C21H22N2O4/c24-19-17-12-4-5-13(10-12)18(17)20(25)23(19)16-11-14(21(26)27)6-7-15(16)22-8-2-1-3-9-22/h4-7,11-13,17-18H,1-3,8-10H2,(H,26,27)/p-1/t12-,13-,17+,18+/m1/s1. The van der Waals surface area contributed by atoms with Gasteiger partial charge in [0.2, 0.25) is 11.8 Å². The van der Waals surface area contributed by atoms with E-state index in [0.29, 0.717) is 5.69 Å². The van der Waals surface area contributed by atoms with Gasteiger partial charge in [-0.2, -0.15) is 0 Å². The Balaban J connectivity index is 1.59. The minimum absolute atomic E-state index is 0.00971. The van der Waals surface area contributed by atoms with E-state index >= 15 is 0 Å². The predicted octanol–water partition coefficient (Wildman–Crippen LogP) is 1.35. The van der Waals surface area contributed by atoms with Crippen molar-refractivity contribution in [3.8, 4) is 0 Å². The molecule has 1 saturated carbocycles. The summed E-state index contributed by atoms with van der Waals surface area (Å²) in [4.78, 5) is 41.2. The first-order valence-electron chi connectivity index (χ1n) is 9.73. The number of carbonyl (C=O) groups excluding carboxylic acids is 3. The van der Waals surface area contributed by atoms with E-state index in [4.69, 9.17) is 0 Å². The zero-order valence-electron chi connectivity index (χ0n) is 15.0. The second kappa shape index (κ2) is 5.94. The number of hydrogen-bond acceptors (Lipinski definition) is 5. The Morgan fingerprint density at radius 1 is 0.926 bits per heavy atom. The van der Waals surface area contributed by atoms with Crippen molar-refractivity contribution < 1.29 is 19.5 Å². The van der Waals surface area contributed by atoms with Crippen LogP contribution < -0.4 is 14.9 Å². The Morgan fingerprint density at radius 2 is 1.56 bits per heavy atom. The van der Waals surface area contributed by atoms with Crippen molar-refractivity contribution >= 4 is 29.2 Å². The minimum Gasteiger partial charge on any atom is -0.545 e. The van der Waals surface area contributed by atoms with Crippen LogP contribution in [0.1, 0.15) is 36.0 Å². The lowest BCUT2D eigenvalue weighted by Crippen LogP contribution is -2.37. The van der Waals surface area contributed by atoms with Crippen LogP contribution in [0.5, 0.6) is 0 Å². The van der Waals surface area contributed by atoms with Crippen LogP contribution in [0.4, 0.5) is 11.4 Å². The molecule has 4 aliphatic rings. The molecule has 2 aliphatic carbocycles. The summed E-state index contributed by atoms with van der Waals surface area (Å²) in [6, 6.07) is 4.65. The van der Waals surface area contributed by atoms with E-state index in [0.717, 1.165) is 44.5 Å². The molecule has 1 aromatic carbocycles. The Bertz CT molecular complexity index is 841. The van der Waals surface area contributed by atoms with Gasteiger partial charge in [0, 0.05) is 13.1 Å². The lowest BCUT2D eigenvalue weighted by atomic mass is 9.85. The number of allylic oxidation sites excluding steroid dienone is 2. The van der Waals surface area contributed by atoms with Gasteiger partial charge in [0.05, 0.1) is 29.2 Å². The van der Waals surface area contributed by atoms with Crippen LogP contribution in [-0.2, 0) is 9.59 Å². The number of nitrogens with zero attached hydrogens (tertiary/aromatic N) is 2. The monoisotopic (exact) mass is 365 g/mol. The number of hydrogen-bond donors (Lipinski definition) is 0. The lowest BCUT2D eigenvalue weighted by molar-refractivity contribution is -0.255. The molecular formula is C21H21N2O4-. The highest BCUT2D eigenvalue weighted by atomic mass is 16.4.